The molecule has 1 unspecified atom stereocenters. The fourth-order valence-electron chi connectivity index (χ4n) is 2.20. The Morgan fingerprint density at radius 1 is 1.24 bits per heavy atom. The zero-order valence-corrected chi connectivity index (χ0v) is 12.7. The lowest BCUT2D eigenvalue weighted by atomic mass is 10.0. The number of carboxylic acid groups (broad SMARTS) is 1. The van der Waals surface area contributed by atoms with E-state index in [1.807, 2.05) is 50.2 Å². The lowest BCUT2D eigenvalue weighted by molar-refractivity contribution is -0.137. The maximum absolute atomic E-state index is 12.3. The molecule has 0 aliphatic rings. The Balaban J connectivity index is 2.21. The highest BCUT2D eigenvalue weighted by Gasteiger charge is 2.20. The summed E-state index contributed by atoms with van der Waals surface area (Å²) in [7, 11) is 0. The third kappa shape index (κ3) is 3.92. The Hall–Kier alpha value is -2.14. The smallest absolute Gasteiger partial charge is 0.305 e. The molecule has 0 spiro atoms. The van der Waals surface area contributed by atoms with Gasteiger partial charge in [0.2, 0.25) is 0 Å². The van der Waals surface area contributed by atoms with Gasteiger partial charge in [-0.05, 0) is 25.5 Å². The molecule has 1 aromatic heterocycles. The van der Waals surface area contributed by atoms with Crippen molar-refractivity contribution in [1.82, 2.24) is 5.32 Å². The molecule has 0 aliphatic heterocycles. The molecule has 0 saturated heterocycles. The van der Waals surface area contributed by atoms with Gasteiger partial charge in [0.25, 0.3) is 5.91 Å². The van der Waals surface area contributed by atoms with Gasteiger partial charge in [0.05, 0.1) is 18.0 Å². The van der Waals surface area contributed by atoms with Crippen molar-refractivity contribution < 1.29 is 14.7 Å². The molecule has 0 bridgehead atoms. The molecule has 1 heterocycles. The van der Waals surface area contributed by atoms with Crippen LogP contribution in [-0.4, -0.2) is 17.0 Å². The maximum atomic E-state index is 12.3. The molecule has 5 heteroatoms. The van der Waals surface area contributed by atoms with Crippen molar-refractivity contribution in [3.05, 3.63) is 57.3 Å². The second kappa shape index (κ2) is 6.54. The summed E-state index contributed by atoms with van der Waals surface area (Å²) in [5, 5.41) is 11.9. The first kappa shape index (κ1) is 15.3. The largest absolute Gasteiger partial charge is 0.481 e. The predicted octanol–water partition coefficient (Wildman–Crippen LogP) is 3.31. The number of aryl methyl sites for hydroxylation is 2. The van der Waals surface area contributed by atoms with Gasteiger partial charge in [0.15, 0.2) is 0 Å². The number of thiophene rings is 1. The lowest BCUT2D eigenvalue weighted by Crippen LogP contribution is -2.30. The molecular formula is C16H17NO3S. The summed E-state index contributed by atoms with van der Waals surface area (Å²) in [6.45, 7) is 3.83. The van der Waals surface area contributed by atoms with Crippen molar-refractivity contribution in [3.63, 3.8) is 0 Å². The lowest BCUT2D eigenvalue weighted by Gasteiger charge is -2.17. The van der Waals surface area contributed by atoms with Gasteiger partial charge in [-0.25, -0.2) is 0 Å². The van der Waals surface area contributed by atoms with Crippen molar-refractivity contribution in [1.29, 1.82) is 0 Å². The number of carboxylic acids is 1. The molecule has 0 radical (unpaired) electrons. The zero-order valence-electron chi connectivity index (χ0n) is 11.9. The number of benzene rings is 1. The first-order valence-corrected chi connectivity index (χ1v) is 7.43. The minimum atomic E-state index is -0.942. The normalized spacial score (nSPS) is 11.9. The molecule has 1 aromatic carbocycles. The van der Waals surface area contributed by atoms with Gasteiger partial charge in [-0.2, -0.15) is 0 Å². The summed E-state index contributed by atoms with van der Waals surface area (Å²) in [5.74, 6) is -1.17. The molecular weight excluding hydrogens is 286 g/mol. The van der Waals surface area contributed by atoms with Crippen molar-refractivity contribution in [2.75, 3.05) is 0 Å². The highest BCUT2D eigenvalue weighted by molar-refractivity contribution is 7.12. The fraction of sp³-hybridized carbons (Fsp3) is 0.250. The van der Waals surface area contributed by atoms with Crippen LogP contribution < -0.4 is 5.32 Å². The molecule has 2 aromatic rings. The summed E-state index contributed by atoms with van der Waals surface area (Å²) in [4.78, 5) is 25.4. The van der Waals surface area contributed by atoms with Gasteiger partial charge < -0.3 is 10.4 Å². The summed E-state index contributed by atoms with van der Waals surface area (Å²) < 4.78 is 0. The quantitative estimate of drug-likeness (QED) is 0.890. The highest BCUT2D eigenvalue weighted by Crippen LogP contribution is 2.22. The van der Waals surface area contributed by atoms with Crippen LogP contribution in [0.5, 0.6) is 0 Å². The van der Waals surface area contributed by atoms with E-state index < -0.39 is 12.0 Å². The van der Waals surface area contributed by atoms with Gasteiger partial charge in [0, 0.05) is 9.75 Å². The molecule has 0 fully saturated rings. The molecule has 2 N–H and O–H groups in total. The van der Waals surface area contributed by atoms with Crippen molar-refractivity contribution in [2.24, 2.45) is 0 Å². The van der Waals surface area contributed by atoms with E-state index >= 15 is 0 Å². The Bertz CT molecular complexity index is 649. The minimum Gasteiger partial charge on any atom is -0.481 e. The van der Waals surface area contributed by atoms with E-state index in [1.165, 1.54) is 0 Å². The first-order valence-electron chi connectivity index (χ1n) is 6.62. The molecule has 21 heavy (non-hydrogen) atoms. The minimum absolute atomic E-state index is 0.141. The van der Waals surface area contributed by atoms with E-state index in [0.29, 0.717) is 5.56 Å². The molecule has 1 amide bonds. The van der Waals surface area contributed by atoms with Crippen LogP contribution in [0.1, 0.15) is 38.1 Å². The molecule has 0 aliphatic carbocycles. The van der Waals surface area contributed by atoms with Crippen molar-refractivity contribution in [2.45, 2.75) is 26.3 Å². The van der Waals surface area contributed by atoms with Crippen molar-refractivity contribution in [3.8, 4) is 0 Å². The first-order chi connectivity index (χ1) is 9.97. The standard InChI is InChI=1S/C16H17NO3S/c1-10-8-13(11(2)21-10)16(20)17-14(9-15(18)19)12-6-4-3-5-7-12/h3-8,14H,9H2,1-2H3,(H,17,20)(H,18,19). The number of rotatable bonds is 5. The van der Waals surface area contributed by atoms with E-state index in [4.69, 9.17) is 5.11 Å². The third-order valence-corrected chi connectivity index (χ3v) is 4.14. The van der Waals surface area contributed by atoms with Crippen LogP contribution >= 0.6 is 11.3 Å². The summed E-state index contributed by atoms with van der Waals surface area (Å²) in [6, 6.07) is 10.5. The monoisotopic (exact) mass is 303 g/mol. The number of aliphatic carboxylic acids is 1. The van der Waals surface area contributed by atoms with Gasteiger partial charge in [-0.1, -0.05) is 30.3 Å². The molecule has 110 valence electrons. The van der Waals surface area contributed by atoms with Crippen LogP contribution in [0, 0.1) is 13.8 Å². The number of carbonyl (C=O) groups is 2. The number of amides is 1. The predicted molar refractivity (Wildman–Crippen MR) is 82.7 cm³/mol. The highest BCUT2D eigenvalue weighted by atomic mass is 32.1. The summed E-state index contributed by atoms with van der Waals surface area (Å²) in [5.41, 5.74) is 1.40. The van der Waals surface area contributed by atoms with Crippen molar-refractivity contribution >= 4 is 23.2 Å². The van der Waals surface area contributed by atoms with Crippen LogP contribution in [0.25, 0.3) is 0 Å². The van der Waals surface area contributed by atoms with Gasteiger partial charge >= 0.3 is 5.97 Å². The van der Waals surface area contributed by atoms with Gasteiger partial charge in [-0.15, -0.1) is 11.3 Å². The summed E-state index contributed by atoms with van der Waals surface area (Å²) in [6.07, 6.45) is -0.141. The van der Waals surface area contributed by atoms with Gasteiger partial charge in [0.1, 0.15) is 0 Å². The Kier molecular flexibility index (Phi) is 4.75. The molecule has 4 nitrogen and oxygen atoms in total. The van der Waals surface area contributed by atoms with E-state index in [2.05, 4.69) is 5.32 Å². The Labute approximate surface area is 127 Å². The Morgan fingerprint density at radius 2 is 1.90 bits per heavy atom. The fourth-order valence-corrected chi connectivity index (χ4v) is 3.13. The van der Waals surface area contributed by atoms with E-state index in [1.54, 1.807) is 11.3 Å². The zero-order chi connectivity index (χ0) is 15.4. The van der Waals surface area contributed by atoms with E-state index in [0.717, 1.165) is 15.3 Å². The van der Waals surface area contributed by atoms with Crippen LogP contribution in [0.4, 0.5) is 0 Å². The van der Waals surface area contributed by atoms with Crippen LogP contribution in [0.3, 0.4) is 0 Å². The number of hydrogen-bond donors (Lipinski definition) is 2. The molecule has 2 rings (SSSR count). The number of carbonyl (C=O) groups excluding carboxylic acids is 1. The second-order valence-corrected chi connectivity index (χ2v) is 6.32. The van der Waals surface area contributed by atoms with Crippen LogP contribution in [-0.2, 0) is 4.79 Å². The Morgan fingerprint density at radius 3 is 2.43 bits per heavy atom. The van der Waals surface area contributed by atoms with Gasteiger partial charge in [-0.3, -0.25) is 9.59 Å². The maximum Gasteiger partial charge on any atom is 0.305 e. The SMILES string of the molecule is Cc1cc(C(=O)NC(CC(=O)O)c2ccccc2)c(C)s1. The third-order valence-electron chi connectivity index (χ3n) is 3.17. The van der Waals surface area contributed by atoms with Crippen LogP contribution in [0.2, 0.25) is 0 Å². The molecule has 1 atom stereocenters. The summed E-state index contributed by atoms with van der Waals surface area (Å²) >= 11 is 1.56. The number of hydrogen-bond acceptors (Lipinski definition) is 3. The van der Waals surface area contributed by atoms with Crippen LogP contribution in [0.15, 0.2) is 36.4 Å². The average Bonchev–Trinajstić information content (AvgIpc) is 2.77. The topological polar surface area (TPSA) is 66.4 Å². The second-order valence-electron chi connectivity index (χ2n) is 4.86. The average molecular weight is 303 g/mol. The van der Waals surface area contributed by atoms with E-state index in [-0.39, 0.29) is 12.3 Å². The molecule has 0 saturated carbocycles. The number of nitrogens with one attached hydrogen (secondary N) is 1. The van der Waals surface area contributed by atoms with E-state index in [9.17, 15) is 9.59 Å².